The second kappa shape index (κ2) is 83.5. The number of nitrogens with one attached hydrogen (secondary N) is 1. The Balaban J connectivity index is 3.32. The summed E-state index contributed by atoms with van der Waals surface area (Å²) in [5.74, 6) is -0.00958. The minimum Gasteiger partial charge on any atom is -0.466 e. The van der Waals surface area contributed by atoms with Gasteiger partial charge in [0.1, 0.15) is 0 Å². The molecule has 6 heteroatoms. The summed E-state index contributed by atoms with van der Waals surface area (Å²) in [5, 5.41) is 23.5. The van der Waals surface area contributed by atoms with Gasteiger partial charge in [-0.1, -0.05) is 429 Å². The van der Waals surface area contributed by atoms with Crippen LogP contribution in [0.5, 0.6) is 0 Å². The Kier molecular flexibility index (Phi) is 81.8. The predicted molar refractivity (Wildman–Crippen MR) is 416 cm³/mol. The van der Waals surface area contributed by atoms with E-state index in [0.29, 0.717) is 25.9 Å². The van der Waals surface area contributed by atoms with Crippen LogP contribution in [-0.4, -0.2) is 47.4 Å². The highest BCUT2D eigenvalue weighted by Crippen LogP contribution is 2.21. The third kappa shape index (κ3) is 79.1. The maximum Gasteiger partial charge on any atom is 0.305 e. The first-order valence-electron chi connectivity index (χ1n) is 43.2. The van der Waals surface area contributed by atoms with Crippen LogP contribution in [0.1, 0.15) is 489 Å². The molecule has 0 aromatic carbocycles. The van der Waals surface area contributed by atoms with Crippen LogP contribution in [0.4, 0.5) is 0 Å². The van der Waals surface area contributed by atoms with Crippen molar-refractivity contribution >= 4 is 11.9 Å². The van der Waals surface area contributed by atoms with Gasteiger partial charge < -0.3 is 20.3 Å². The molecule has 0 aromatic rings. The molecule has 556 valence electrons. The van der Waals surface area contributed by atoms with E-state index >= 15 is 0 Å². The van der Waals surface area contributed by atoms with Crippen molar-refractivity contribution in [2.75, 3.05) is 13.2 Å². The Hall–Kier alpha value is -1.92. The molecular weight excluding hydrogens is 1150 g/mol. The number of ether oxygens (including phenoxy) is 1. The fraction of sp³-hybridized carbons (Fsp3) is 0.909. The van der Waals surface area contributed by atoms with E-state index in [-0.39, 0.29) is 18.5 Å². The molecule has 0 aliphatic carbocycles. The molecule has 0 saturated carbocycles. The van der Waals surface area contributed by atoms with E-state index in [1.807, 2.05) is 0 Å². The van der Waals surface area contributed by atoms with Crippen molar-refractivity contribution in [3.05, 3.63) is 36.5 Å². The van der Waals surface area contributed by atoms with E-state index in [9.17, 15) is 19.8 Å². The number of hydrogen-bond acceptors (Lipinski definition) is 5. The molecule has 0 fully saturated rings. The molecule has 0 heterocycles. The fourth-order valence-electron chi connectivity index (χ4n) is 13.8. The molecule has 94 heavy (non-hydrogen) atoms. The van der Waals surface area contributed by atoms with Crippen LogP contribution in [0.25, 0.3) is 0 Å². The average Bonchev–Trinajstić information content (AvgIpc) is 3.55. The summed E-state index contributed by atoms with van der Waals surface area (Å²) >= 11 is 0. The first kappa shape index (κ1) is 92.1. The van der Waals surface area contributed by atoms with Gasteiger partial charge in [-0.05, 0) is 83.5 Å². The van der Waals surface area contributed by atoms with Gasteiger partial charge in [-0.25, -0.2) is 0 Å². The molecule has 2 unspecified atom stereocenters. The van der Waals surface area contributed by atoms with Gasteiger partial charge in [0.15, 0.2) is 0 Å². The second-order valence-corrected chi connectivity index (χ2v) is 29.9. The van der Waals surface area contributed by atoms with E-state index in [1.165, 1.54) is 405 Å². The normalized spacial score (nSPS) is 12.6. The van der Waals surface area contributed by atoms with Gasteiger partial charge in [-0.2, -0.15) is 0 Å². The monoisotopic (exact) mass is 1320 g/mol. The van der Waals surface area contributed by atoms with E-state index in [4.69, 9.17) is 4.74 Å². The molecule has 0 spiro atoms. The maximum absolute atomic E-state index is 12.6. The summed E-state index contributed by atoms with van der Waals surface area (Å²) in [6, 6.07) is -0.539. The van der Waals surface area contributed by atoms with Crippen LogP contribution in [0.3, 0.4) is 0 Å². The van der Waals surface area contributed by atoms with Gasteiger partial charge in [-0.3, -0.25) is 9.59 Å². The highest BCUT2D eigenvalue weighted by atomic mass is 16.5. The molecule has 0 saturated heterocycles. The molecule has 3 N–H and O–H groups in total. The Bertz CT molecular complexity index is 1520. The summed E-state index contributed by atoms with van der Waals surface area (Å²) in [7, 11) is 0. The molecule has 1 amide bonds. The van der Waals surface area contributed by atoms with Crippen LogP contribution in [-0.2, 0) is 14.3 Å². The summed E-state index contributed by atoms with van der Waals surface area (Å²) in [4.78, 5) is 24.7. The van der Waals surface area contributed by atoms with E-state index in [1.54, 1.807) is 0 Å². The van der Waals surface area contributed by atoms with Crippen molar-refractivity contribution in [3.8, 4) is 0 Å². The summed E-state index contributed by atoms with van der Waals surface area (Å²) < 4.78 is 5.51. The number of aliphatic hydroxyl groups is 2. The third-order valence-electron chi connectivity index (χ3n) is 20.4. The topological polar surface area (TPSA) is 95.9 Å². The van der Waals surface area contributed by atoms with E-state index < -0.39 is 12.1 Å². The van der Waals surface area contributed by atoms with Crippen LogP contribution in [0, 0.1) is 0 Å². The van der Waals surface area contributed by atoms with Crippen LogP contribution < -0.4 is 5.32 Å². The Morgan fingerprint density at radius 2 is 0.532 bits per heavy atom. The third-order valence-corrected chi connectivity index (χ3v) is 20.4. The lowest BCUT2D eigenvalue weighted by Gasteiger charge is -2.22. The highest BCUT2D eigenvalue weighted by molar-refractivity contribution is 5.76. The molecule has 2 atom stereocenters. The van der Waals surface area contributed by atoms with Gasteiger partial charge in [-0.15, -0.1) is 0 Å². The van der Waals surface area contributed by atoms with Crippen molar-refractivity contribution in [2.45, 2.75) is 501 Å². The number of aliphatic hydroxyl groups excluding tert-OH is 2. The zero-order valence-electron chi connectivity index (χ0n) is 64.0. The smallest absolute Gasteiger partial charge is 0.305 e. The van der Waals surface area contributed by atoms with Gasteiger partial charge >= 0.3 is 5.97 Å². The van der Waals surface area contributed by atoms with Crippen molar-refractivity contribution in [3.63, 3.8) is 0 Å². The number of carbonyl (C=O) groups is 2. The zero-order valence-corrected chi connectivity index (χ0v) is 64.0. The summed E-state index contributed by atoms with van der Waals surface area (Å²) in [6.07, 6.45) is 110. The van der Waals surface area contributed by atoms with Gasteiger partial charge in [0.05, 0.1) is 25.4 Å². The lowest BCUT2D eigenvalue weighted by Crippen LogP contribution is -2.45. The lowest BCUT2D eigenvalue weighted by molar-refractivity contribution is -0.143. The number of hydrogen-bond donors (Lipinski definition) is 3. The molecule has 0 aliphatic rings. The molecular formula is C88H169NO5. The number of carbonyl (C=O) groups excluding carboxylic acids is 2. The van der Waals surface area contributed by atoms with Gasteiger partial charge in [0, 0.05) is 12.8 Å². The van der Waals surface area contributed by atoms with Crippen molar-refractivity contribution in [2.24, 2.45) is 0 Å². The number of allylic oxidation sites excluding steroid dienone is 6. The first-order chi connectivity index (χ1) is 46.5. The van der Waals surface area contributed by atoms with E-state index in [0.717, 1.165) is 51.4 Å². The highest BCUT2D eigenvalue weighted by Gasteiger charge is 2.20. The quantitative estimate of drug-likeness (QED) is 0.0320. The average molecular weight is 1320 g/mol. The molecule has 0 aliphatic heterocycles. The molecule has 0 aromatic heterocycles. The fourth-order valence-corrected chi connectivity index (χ4v) is 13.8. The first-order valence-corrected chi connectivity index (χ1v) is 43.2. The zero-order chi connectivity index (χ0) is 67.7. The van der Waals surface area contributed by atoms with Gasteiger partial charge in [0.2, 0.25) is 5.91 Å². The Morgan fingerprint density at radius 1 is 0.298 bits per heavy atom. The summed E-state index contributed by atoms with van der Waals surface area (Å²) in [5.41, 5.74) is 0. The minimum atomic E-state index is -0.662. The molecule has 6 nitrogen and oxygen atoms in total. The van der Waals surface area contributed by atoms with Gasteiger partial charge in [0.25, 0.3) is 0 Å². The Labute approximate surface area is 589 Å². The number of rotatable bonds is 82. The second-order valence-electron chi connectivity index (χ2n) is 29.9. The van der Waals surface area contributed by atoms with Crippen molar-refractivity contribution in [1.82, 2.24) is 5.32 Å². The number of amides is 1. The number of esters is 1. The minimum absolute atomic E-state index is 0.0155. The van der Waals surface area contributed by atoms with E-state index in [2.05, 4.69) is 55.6 Å². The maximum atomic E-state index is 12.6. The predicted octanol–water partition coefficient (Wildman–Crippen LogP) is 28.9. The molecule has 0 rings (SSSR count). The lowest BCUT2D eigenvalue weighted by atomic mass is 10.0. The number of unbranched alkanes of at least 4 members (excludes halogenated alkanes) is 65. The largest absolute Gasteiger partial charge is 0.466 e. The Morgan fingerprint density at radius 3 is 0.840 bits per heavy atom. The SMILES string of the molecule is CCCCC/C=C\C/C=C\CCCCCCCCCC(=O)OCCCCCCCCCCCCCCCCCCCC/C=C\CCCCCCCCCCCCCCCCCCCC(=O)NC(CO)C(O)CCCCCCCCCCCCCCCCCCCCCCC. The molecule has 0 radical (unpaired) electrons. The molecule has 0 bridgehead atoms. The summed E-state index contributed by atoms with van der Waals surface area (Å²) in [6.45, 7) is 4.98. The van der Waals surface area contributed by atoms with Crippen LogP contribution in [0.15, 0.2) is 36.5 Å². The van der Waals surface area contributed by atoms with Crippen LogP contribution >= 0.6 is 0 Å². The van der Waals surface area contributed by atoms with Crippen molar-refractivity contribution < 1.29 is 24.5 Å². The van der Waals surface area contributed by atoms with Crippen LogP contribution in [0.2, 0.25) is 0 Å². The van der Waals surface area contributed by atoms with Crippen molar-refractivity contribution in [1.29, 1.82) is 0 Å². The standard InChI is InChI=1S/C88H169NO5/c1-3-5-7-9-11-13-15-17-19-21-22-42-45-49-52-56-60-64-68-72-76-80-86(91)85(84-90)89-87(92)81-77-73-69-65-61-57-53-50-46-43-40-38-36-34-32-30-28-26-24-23-25-27-29-31-33-35-37-39-41-44-47-51-55-59-63-67-71-75-79-83-94-88(93)82-78-74-70-66-62-58-54-48-20-18-16-14-12-10-8-6-4-2/h12,14,18,20,23-24,85-86,90-91H,3-11,13,15-17,19,21-22,25-84H2,1-2H3,(H,89,92)/b14-12-,20-18-,24-23-.